The molecule has 1 atom stereocenters. The van der Waals surface area contributed by atoms with Crippen molar-refractivity contribution < 1.29 is 9.90 Å². The van der Waals surface area contributed by atoms with Crippen LogP contribution in [0.4, 0.5) is 0 Å². The van der Waals surface area contributed by atoms with Crippen LogP contribution < -0.4 is 5.32 Å². The highest BCUT2D eigenvalue weighted by atomic mass is 16.3. The van der Waals surface area contributed by atoms with E-state index in [1.807, 2.05) is 0 Å². The third-order valence-electron chi connectivity index (χ3n) is 1.05. The maximum atomic E-state index is 10.4. The summed E-state index contributed by atoms with van der Waals surface area (Å²) in [6.07, 6.45) is 0.713. The number of carbonyl (C=O) groups is 1. The van der Waals surface area contributed by atoms with E-state index in [4.69, 9.17) is 5.11 Å². The summed E-state index contributed by atoms with van der Waals surface area (Å²) >= 11 is 0. The normalized spacial score (nSPS) is 27.5. The Morgan fingerprint density at radius 3 is 2.62 bits per heavy atom. The number of aliphatic hydroxyl groups is 1. The van der Waals surface area contributed by atoms with E-state index in [0.29, 0.717) is 5.57 Å². The fourth-order valence-electron chi connectivity index (χ4n) is 0.602. The zero-order valence-corrected chi connectivity index (χ0v) is 4.51. The highest BCUT2D eigenvalue weighted by Crippen LogP contribution is 2.01. The molecule has 0 bridgehead atoms. The van der Waals surface area contributed by atoms with Crippen LogP contribution in [0.3, 0.4) is 0 Å². The molecule has 3 nitrogen and oxygen atoms in total. The largest absolute Gasteiger partial charge is 0.370 e. The predicted octanol–water partition coefficient (Wildman–Crippen LogP) is -0.619. The molecule has 0 saturated heterocycles. The molecular formula is C5H7NO2. The second kappa shape index (κ2) is 1.59. The molecule has 0 aromatic heterocycles. The highest BCUT2D eigenvalue weighted by molar-refractivity contribution is 5.95. The molecule has 1 heterocycles. The number of nitrogens with one attached hydrogen (secondary N) is 1. The van der Waals surface area contributed by atoms with Gasteiger partial charge in [-0.05, 0) is 13.0 Å². The number of aliphatic hydroxyl groups excluding tert-OH is 1. The number of rotatable bonds is 0. The summed E-state index contributed by atoms with van der Waals surface area (Å²) in [4.78, 5) is 10.4. The number of hydrogen-bond donors (Lipinski definition) is 2. The van der Waals surface area contributed by atoms with E-state index < -0.39 is 6.23 Å². The zero-order chi connectivity index (χ0) is 6.15. The first-order valence-corrected chi connectivity index (χ1v) is 2.37. The van der Waals surface area contributed by atoms with Crippen LogP contribution in [0.1, 0.15) is 6.92 Å². The van der Waals surface area contributed by atoms with Crippen LogP contribution in [-0.4, -0.2) is 17.2 Å². The minimum absolute atomic E-state index is 0.183. The van der Waals surface area contributed by atoms with Gasteiger partial charge < -0.3 is 10.4 Å². The van der Waals surface area contributed by atoms with E-state index in [-0.39, 0.29) is 5.91 Å². The lowest BCUT2D eigenvalue weighted by Gasteiger charge is -1.95. The van der Waals surface area contributed by atoms with Crippen molar-refractivity contribution in [2.45, 2.75) is 13.2 Å². The number of carbonyl (C=O) groups excluding carboxylic acids is 1. The third-order valence-corrected chi connectivity index (χ3v) is 1.05. The van der Waals surface area contributed by atoms with Crippen LogP contribution in [-0.2, 0) is 4.79 Å². The Morgan fingerprint density at radius 1 is 1.88 bits per heavy atom. The first-order valence-electron chi connectivity index (χ1n) is 2.37. The molecule has 8 heavy (non-hydrogen) atoms. The molecule has 0 saturated carbocycles. The monoisotopic (exact) mass is 113 g/mol. The molecule has 0 aromatic carbocycles. The van der Waals surface area contributed by atoms with Crippen LogP contribution in [0.15, 0.2) is 11.6 Å². The van der Waals surface area contributed by atoms with E-state index in [2.05, 4.69) is 5.32 Å². The molecule has 0 radical (unpaired) electrons. The van der Waals surface area contributed by atoms with Gasteiger partial charge in [0.25, 0.3) is 0 Å². The highest BCUT2D eigenvalue weighted by Gasteiger charge is 2.15. The molecule has 1 amide bonds. The number of amides is 1. The van der Waals surface area contributed by atoms with Gasteiger partial charge in [-0.3, -0.25) is 4.79 Å². The molecule has 1 aliphatic rings. The van der Waals surface area contributed by atoms with E-state index in [0.717, 1.165) is 0 Å². The summed E-state index contributed by atoms with van der Waals surface area (Å²) in [6.45, 7) is 1.66. The first kappa shape index (κ1) is 5.31. The summed E-state index contributed by atoms with van der Waals surface area (Å²) < 4.78 is 0. The summed E-state index contributed by atoms with van der Waals surface area (Å²) in [6, 6.07) is 0. The van der Waals surface area contributed by atoms with Gasteiger partial charge in [0.15, 0.2) is 0 Å². The van der Waals surface area contributed by atoms with Gasteiger partial charge in [0, 0.05) is 5.57 Å². The second-order valence-corrected chi connectivity index (χ2v) is 1.77. The van der Waals surface area contributed by atoms with Gasteiger partial charge in [0.1, 0.15) is 6.23 Å². The van der Waals surface area contributed by atoms with Crippen LogP contribution >= 0.6 is 0 Å². The van der Waals surface area contributed by atoms with Crippen LogP contribution in [0, 0.1) is 0 Å². The van der Waals surface area contributed by atoms with Crippen LogP contribution in [0.5, 0.6) is 0 Å². The van der Waals surface area contributed by atoms with Crippen molar-refractivity contribution in [2.75, 3.05) is 0 Å². The molecule has 1 aliphatic heterocycles. The minimum Gasteiger partial charge on any atom is -0.370 e. The van der Waals surface area contributed by atoms with Gasteiger partial charge in [-0.2, -0.15) is 0 Å². The van der Waals surface area contributed by atoms with E-state index in [9.17, 15) is 4.79 Å². The molecule has 3 heteroatoms. The topological polar surface area (TPSA) is 49.3 Å². The van der Waals surface area contributed by atoms with Crippen molar-refractivity contribution in [1.82, 2.24) is 5.32 Å². The minimum atomic E-state index is -0.762. The lowest BCUT2D eigenvalue weighted by Crippen LogP contribution is -2.26. The molecule has 0 fully saturated rings. The van der Waals surface area contributed by atoms with Gasteiger partial charge in [-0.1, -0.05) is 0 Å². The summed E-state index contributed by atoms with van der Waals surface area (Å²) in [5.74, 6) is -0.183. The van der Waals surface area contributed by atoms with Crippen molar-refractivity contribution in [3.05, 3.63) is 11.6 Å². The molecular weight excluding hydrogens is 106 g/mol. The van der Waals surface area contributed by atoms with E-state index in [1.54, 1.807) is 6.92 Å². The fraction of sp³-hybridized carbons (Fsp3) is 0.400. The molecule has 0 spiro atoms. The number of hydrogen-bond acceptors (Lipinski definition) is 2. The van der Waals surface area contributed by atoms with Crippen molar-refractivity contribution in [3.8, 4) is 0 Å². The lowest BCUT2D eigenvalue weighted by molar-refractivity contribution is -0.118. The average molecular weight is 113 g/mol. The molecule has 1 rings (SSSR count). The van der Waals surface area contributed by atoms with Crippen LogP contribution in [0.2, 0.25) is 0 Å². The van der Waals surface area contributed by atoms with Crippen molar-refractivity contribution in [2.24, 2.45) is 0 Å². The van der Waals surface area contributed by atoms with Gasteiger partial charge in [-0.25, -0.2) is 0 Å². The standard InChI is InChI=1S/C5H7NO2/c1-3-2-4(7)6-5(3)8/h2,4,7H,1H3,(H,6,8)/t4-/m0/s1. The van der Waals surface area contributed by atoms with Gasteiger partial charge in [-0.15, -0.1) is 0 Å². The Hall–Kier alpha value is -0.830. The Balaban J connectivity index is 2.73. The van der Waals surface area contributed by atoms with E-state index >= 15 is 0 Å². The fourth-order valence-corrected chi connectivity index (χ4v) is 0.602. The molecule has 0 unspecified atom stereocenters. The molecule has 44 valence electrons. The second-order valence-electron chi connectivity index (χ2n) is 1.77. The van der Waals surface area contributed by atoms with Gasteiger partial charge in [0.05, 0.1) is 0 Å². The van der Waals surface area contributed by atoms with Crippen molar-refractivity contribution in [3.63, 3.8) is 0 Å². The quantitative estimate of drug-likeness (QED) is 0.440. The summed E-state index contributed by atoms with van der Waals surface area (Å²) in [5.41, 5.74) is 0.581. The van der Waals surface area contributed by atoms with Crippen LogP contribution in [0.25, 0.3) is 0 Å². The zero-order valence-electron chi connectivity index (χ0n) is 4.51. The summed E-state index contributed by atoms with van der Waals surface area (Å²) in [5, 5.41) is 11.0. The van der Waals surface area contributed by atoms with Gasteiger partial charge >= 0.3 is 0 Å². The van der Waals surface area contributed by atoms with E-state index in [1.165, 1.54) is 6.08 Å². The Labute approximate surface area is 47.0 Å². The first-order chi connectivity index (χ1) is 3.70. The maximum Gasteiger partial charge on any atom is 0.248 e. The van der Waals surface area contributed by atoms with Crippen molar-refractivity contribution >= 4 is 5.91 Å². The Morgan fingerprint density at radius 2 is 2.50 bits per heavy atom. The molecule has 2 N–H and O–H groups in total. The van der Waals surface area contributed by atoms with Crippen molar-refractivity contribution in [1.29, 1.82) is 0 Å². The molecule has 0 aromatic rings. The Bertz CT molecular complexity index is 151. The summed E-state index contributed by atoms with van der Waals surface area (Å²) in [7, 11) is 0. The molecule has 0 aliphatic carbocycles. The lowest BCUT2D eigenvalue weighted by atomic mass is 10.3. The maximum absolute atomic E-state index is 10.4. The van der Waals surface area contributed by atoms with Gasteiger partial charge in [0.2, 0.25) is 5.91 Å². The third kappa shape index (κ3) is 0.721. The average Bonchev–Trinajstić information content (AvgIpc) is 1.85. The SMILES string of the molecule is CC1=C[C@H](O)NC1=O. The predicted molar refractivity (Wildman–Crippen MR) is 27.9 cm³/mol. The smallest absolute Gasteiger partial charge is 0.248 e. The Kier molecular flexibility index (Phi) is 1.06.